The van der Waals surface area contributed by atoms with Gasteiger partial charge in [-0.3, -0.25) is 14.7 Å². The van der Waals surface area contributed by atoms with Crippen LogP contribution in [-0.4, -0.2) is 47.8 Å². The highest BCUT2D eigenvalue weighted by molar-refractivity contribution is 5.78. The SMILES string of the molecule is COc1ccc2c(c1)OC[C@]1(C(=O)O)CN(Cc3cccnc3)C[C@H]21. The van der Waals surface area contributed by atoms with Gasteiger partial charge in [-0.05, 0) is 17.7 Å². The van der Waals surface area contributed by atoms with Crippen LogP contribution in [0.15, 0.2) is 42.7 Å². The third-order valence-electron chi connectivity index (χ3n) is 5.25. The smallest absolute Gasteiger partial charge is 0.315 e. The minimum absolute atomic E-state index is 0.101. The van der Waals surface area contributed by atoms with Gasteiger partial charge in [0, 0.05) is 49.6 Å². The third-order valence-corrected chi connectivity index (χ3v) is 5.25. The molecule has 2 aliphatic rings. The Bertz CT molecular complexity index is 795. The quantitative estimate of drug-likeness (QED) is 0.919. The highest BCUT2D eigenvalue weighted by Gasteiger charge is 2.56. The van der Waals surface area contributed by atoms with Gasteiger partial charge in [-0.15, -0.1) is 0 Å². The number of benzene rings is 1. The van der Waals surface area contributed by atoms with Crippen molar-refractivity contribution in [3.8, 4) is 11.5 Å². The second kappa shape index (κ2) is 6.04. The summed E-state index contributed by atoms with van der Waals surface area (Å²) in [5.41, 5.74) is 1.12. The maximum Gasteiger partial charge on any atom is 0.315 e. The molecule has 0 amide bonds. The van der Waals surface area contributed by atoms with Gasteiger partial charge in [0.25, 0.3) is 0 Å². The van der Waals surface area contributed by atoms with E-state index in [4.69, 9.17) is 9.47 Å². The lowest BCUT2D eigenvalue weighted by Gasteiger charge is -2.36. The van der Waals surface area contributed by atoms with Crippen LogP contribution in [0.3, 0.4) is 0 Å². The Labute approximate surface area is 146 Å². The summed E-state index contributed by atoms with van der Waals surface area (Å²) < 4.78 is 11.1. The average Bonchev–Trinajstić information content (AvgIpc) is 3.02. The Hall–Kier alpha value is -2.60. The van der Waals surface area contributed by atoms with E-state index < -0.39 is 11.4 Å². The number of methoxy groups -OCH3 is 1. The number of rotatable bonds is 4. The third kappa shape index (κ3) is 2.62. The minimum Gasteiger partial charge on any atom is -0.497 e. The summed E-state index contributed by atoms with van der Waals surface area (Å²) in [6.07, 6.45) is 3.56. The molecule has 1 saturated heterocycles. The molecule has 6 nitrogen and oxygen atoms in total. The van der Waals surface area contributed by atoms with Gasteiger partial charge in [0.15, 0.2) is 0 Å². The van der Waals surface area contributed by atoms with Crippen LogP contribution in [0.5, 0.6) is 11.5 Å². The highest BCUT2D eigenvalue weighted by atomic mass is 16.5. The molecule has 1 aromatic carbocycles. The first-order chi connectivity index (χ1) is 12.1. The van der Waals surface area contributed by atoms with Crippen molar-refractivity contribution in [3.05, 3.63) is 53.9 Å². The molecule has 3 heterocycles. The van der Waals surface area contributed by atoms with Crippen LogP contribution in [0.4, 0.5) is 0 Å². The van der Waals surface area contributed by atoms with Crippen LogP contribution in [0.1, 0.15) is 17.0 Å². The number of aliphatic carboxylic acids is 1. The summed E-state index contributed by atoms with van der Waals surface area (Å²) in [7, 11) is 1.61. The zero-order chi connectivity index (χ0) is 17.4. The molecule has 2 atom stereocenters. The average molecular weight is 340 g/mol. The fourth-order valence-corrected chi connectivity index (χ4v) is 3.96. The number of fused-ring (bicyclic) bond motifs is 3. The molecule has 2 aliphatic heterocycles. The number of carbonyl (C=O) groups is 1. The molecule has 25 heavy (non-hydrogen) atoms. The molecule has 0 aliphatic carbocycles. The summed E-state index contributed by atoms with van der Waals surface area (Å²) in [6.45, 7) is 2.01. The fraction of sp³-hybridized carbons (Fsp3) is 0.368. The number of nitrogens with zero attached hydrogens (tertiary/aromatic N) is 2. The van der Waals surface area contributed by atoms with Crippen LogP contribution in [-0.2, 0) is 11.3 Å². The highest BCUT2D eigenvalue weighted by Crippen LogP contribution is 2.50. The molecule has 0 radical (unpaired) electrons. The minimum atomic E-state index is -0.913. The molecule has 130 valence electrons. The van der Waals surface area contributed by atoms with E-state index in [0.29, 0.717) is 25.4 Å². The molecule has 0 saturated carbocycles. The maximum atomic E-state index is 12.1. The number of carboxylic acids is 1. The van der Waals surface area contributed by atoms with Crippen molar-refractivity contribution in [2.75, 3.05) is 26.8 Å². The van der Waals surface area contributed by atoms with Crippen molar-refractivity contribution in [2.45, 2.75) is 12.5 Å². The van der Waals surface area contributed by atoms with Crippen LogP contribution in [0.25, 0.3) is 0 Å². The summed E-state index contributed by atoms with van der Waals surface area (Å²) >= 11 is 0. The Morgan fingerprint density at radius 3 is 3.08 bits per heavy atom. The Kier molecular flexibility index (Phi) is 3.84. The van der Waals surface area contributed by atoms with E-state index >= 15 is 0 Å². The molecule has 1 aromatic heterocycles. The van der Waals surface area contributed by atoms with Crippen molar-refractivity contribution in [1.29, 1.82) is 0 Å². The summed E-state index contributed by atoms with van der Waals surface area (Å²) in [5, 5.41) is 9.97. The number of ether oxygens (including phenoxy) is 2. The molecule has 4 rings (SSSR count). The zero-order valence-corrected chi connectivity index (χ0v) is 14.0. The van der Waals surface area contributed by atoms with Gasteiger partial charge in [0.1, 0.15) is 23.5 Å². The number of hydrogen-bond donors (Lipinski definition) is 1. The molecule has 0 spiro atoms. The second-order valence-corrected chi connectivity index (χ2v) is 6.74. The van der Waals surface area contributed by atoms with Crippen LogP contribution < -0.4 is 9.47 Å². The van der Waals surface area contributed by atoms with Gasteiger partial charge in [0.05, 0.1) is 7.11 Å². The van der Waals surface area contributed by atoms with E-state index in [2.05, 4.69) is 9.88 Å². The van der Waals surface area contributed by atoms with E-state index in [9.17, 15) is 9.90 Å². The number of pyridine rings is 1. The number of aromatic nitrogens is 1. The predicted molar refractivity (Wildman–Crippen MR) is 90.8 cm³/mol. The summed E-state index contributed by atoms with van der Waals surface area (Å²) in [6, 6.07) is 9.55. The number of carboxylic acid groups (broad SMARTS) is 1. The van der Waals surface area contributed by atoms with E-state index in [0.717, 1.165) is 16.9 Å². The lowest BCUT2D eigenvalue weighted by molar-refractivity contribution is -0.151. The molecular formula is C19H20N2O4. The van der Waals surface area contributed by atoms with E-state index in [1.54, 1.807) is 13.3 Å². The Morgan fingerprint density at radius 2 is 2.36 bits per heavy atom. The van der Waals surface area contributed by atoms with Crippen molar-refractivity contribution in [2.24, 2.45) is 5.41 Å². The summed E-state index contributed by atoms with van der Waals surface area (Å²) in [5.74, 6) is 0.542. The predicted octanol–water partition coefficient (Wildman–Crippen LogP) is 2.15. The number of likely N-dealkylation sites (tertiary alicyclic amines) is 1. The van der Waals surface area contributed by atoms with Gasteiger partial charge in [-0.1, -0.05) is 12.1 Å². The lowest BCUT2D eigenvalue weighted by Crippen LogP contribution is -2.45. The van der Waals surface area contributed by atoms with E-state index in [-0.39, 0.29) is 12.5 Å². The van der Waals surface area contributed by atoms with Crippen LogP contribution in [0, 0.1) is 5.41 Å². The molecule has 0 bridgehead atoms. The van der Waals surface area contributed by atoms with Gasteiger partial charge < -0.3 is 14.6 Å². The van der Waals surface area contributed by atoms with Gasteiger partial charge in [0.2, 0.25) is 0 Å². The molecular weight excluding hydrogens is 320 g/mol. The standard InChI is InChI=1S/C19H20N2O4/c1-24-14-4-5-15-16-10-21(9-13-3-2-6-20-8-13)11-19(16,18(22)23)12-25-17(15)7-14/h2-8,16H,9-12H2,1H3,(H,22,23)/t16-,19-/m1/s1. The summed E-state index contributed by atoms with van der Waals surface area (Å²) in [4.78, 5) is 18.5. The van der Waals surface area contributed by atoms with Gasteiger partial charge >= 0.3 is 5.97 Å². The molecule has 1 N–H and O–H groups in total. The first kappa shape index (κ1) is 15.9. The van der Waals surface area contributed by atoms with Crippen molar-refractivity contribution in [3.63, 3.8) is 0 Å². The number of hydrogen-bond acceptors (Lipinski definition) is 5. The molecule has 2 aromatic rings. The Morgan fingerprint density at radius 1 is 1.48 bits per heavy atom. The molecule has 0 unspecified atom stereocenters. The molecule has 1 fully saturated rings. The normalized spacial score (nSPS) is 24.9. The maximum absolute atomic E-state index is 12.1. The molecule has 6 heteroatoms. The largest absolute Gasteiger partial charge is 0.497 e. The monoisotopic (exact) mass is 340 g/mol. The van der Waals surface area contributed by atoms with Gasteiger partial charge in [-0.2, -0.15) is 0 Å². The second-order valence-electron chi connectivity index (χ2n) is 6.74. The zero-order valence-electron chi connectivity index (χ0n) is 14.0. The Balaban J connectivity index is 1.66. The van der Waals surface area contributed by atoms with Gasteiger partial charge in [-0.25, -0.2) is 0 Å². The van der Waals surface area contributed by atoms with Crippen molar-refractivity contribution in [1.82, 2.24) is 9.88 Å². The lowest BCUT2D eigenvalue weighted by atomic mass is 9.73. The fourth-order valence-electron chi connectivity index (χ4n) is 3.96. The van der Waals surface area contributed by atoms with Crippen molar-refractivity contribution >= 4 is 5.97 Å². The van der Waals surface area contributed by atoms with E-state index in [1.165, 1.54) is 0 Å². The van der Waals surface area contributed by atoms with E-state index in [1.807, 2.05) is 36.5 Å². The topological polar surface area (TPSA) is 71.9 Å². The van der Waals surface area contributed by atoms with Crippen molar-refractivity contribution < 1.29 is 19.4 Å². The van der Waals surface area contributed by atoms with Crippen LogP contribution in [0.2, 0.25) is 0 Å². The first-order valence-corrected chi connectivity index (χ1v) is 8.28. The first-order valence-electron chi connectivity index (χ1n) is 8.28. The van der Waals surface area contributed by atoms with Crippen LogP contribution >= 0.6 is 0 Å².